The van der Waals surface area contributed by atoms with E-state index in [1.165, 1.54) is 0 Å². The molecule has 2 atom stereocenters. The molecule has 0 bridgehead atoms. The van der Waals surface area contributed by atoms with Crippen LogP contribution in [0.3, 0.4) is 0 Å². The van der Waals surface area contributed by atoms with Crippen molar-refractivity contribution in [3.05, 3.63) is 0 Å². The summed E-state index contributed by atoms with van der Waals surface area (Å²) < 4.78 is 0. The van der Waals surface area contributed by atoms with E-state index in [0.29, 0.717) is 0 Å². The average Bonchev–Trinajstić information content (AvgIpc) is 1.64. The van der Waals surface area contributed by atoms with Crippen molar-refractivity contribution in [2.45, 2.75) is 24.4 Å². The van der Waals surface area contributed by atoms with Gasteiger partial charge < -0.3 is 5.32 Å². The molecular weight excluding hydrogens is 124 g/mol. The predicted molar refractivity (Wildman–Crippen MR) is 33.8 cm³/mol. The maximum absolute atomic E-state index is 7.28. The number of rotatable bonds is 0. The summed E-state index contributed by atoms with van der Waals surface area (Å²) in [7, 11) is 0. The zero-order valence-electron chi connectivity index (χ0n) is 4.65. The molecule has 3 heteroatoms. The van der Waals surface area contributed by atoms with E-state index >= 15 is 0 Å². The van der Waals surface area contributed by atoms with Crippen LogP contribution in [0.15, 0.2) is 0 Å². The molecule has 1 radical (unpaired) electrons. The molecule has 0 saturated carbocycles. The molecule has 1 saturated heterocycles. The van der Waals surface area contributed by atoms with E-state index in [-0.39, 0.29) is 11.5 Å². The van der Waals surface area contributed by atoms with Crippen molar-refractivity contribution in [3.63, 3.8) is 0 Å². The summed E-state index contributed by atoms with van der Waals surface area (Å²) >= 11 is 5.68. The lowest BCUT2D eigenvalue weighted by atomic mass is 10.1. The highest BCUT2D eigenvalue weighted by molar-refractivity contribution is 6.20. The fourth-order valence-electron chi connectivity index (χ4n) is 0.865. The van der Waals surface area contributed by atoms with Gasteiger partial charge in [-0.3, -0.25) is 5.73 Å². The number of piperidine rings is 1. The topological polar surface area (TPSA) is 35.8 Å². The van der Waals surface area contributed by atoms with Gasteiger partial charge >= 0.3 is 0 Å². The van der Waals surface area contributed by atoms with Gasteiger partial charge in [0.05, 0.1) is 5.50 Å². The number of hydrogen-bond donors (Lipinski definition) is 1. The molecule has 2 unspecified atom stereocenters. The summed E-state index contributed by atoms with van der Waals surface area (Å²) in [5, 5.41) is 3.06. The zero-order chi connectivity index (χ0) is 5.98. The average molecular weight is 134 g/mol. The molecule has 8 heavy (non-hydrogen) atoms. The molecule has 1 aliphatic heterocycles. The lowest BCUT2D eigenvalue weighted by Crippen LogP contribution is -2.37. The first-order chi connectivity index (χ1) is 3.79. The number of nitrogens with one attached hydrogen (secondary N) is 2. The van der Waals surface area contributed by atoms with Gasteiger partial charge in [-0.1, -0.05) is 0 Å². The fourth-order valence-corrected chi connectivity index (χ4v) is 1.19. The van der Waals surface area contributed by atoms with Crippen LogP contribution in [0, 0.1) is 0 Å². The van der Waals surface area contributed by atoms with Gasteiger partial charge in [-0.2, -0.15) is 0 Å². The van der Waals surface area contributed by atoms with Crippen LogP contribution in [-0.4, -0.2) is 18.1 Å². The summed E-state index contributed by atoms with van der Waals surface area (Å²) in [5.41, 5.74) is 7.33. The van der Waals surface area contributed by atoms with E-state index in [9.17, 15) is 0 Å². The second-order valence-electron chi connectivity index (χ2n) is 2.14. The Kier molecular flexibility index (Phi) is 2.11. The van der Waals surface area contributed by atoms with Crippen LogP contribution in [0.25, 0.3) is 0 Å². The van der Waals surface area contributed by atoms with E-state index < -0.39 is 0 Å². The third-order valence-corrected chi connectivity index (χ3v) is 1.68. The standard InChI is InChI=1S/C5H10ClN2/c6-5-3-4(7)1-2-8-5/h4-5,7-8H,1-3H2. The second-order valence-corrected chi connectivity index (χ2v) is 2.67. The summed E-state index contributed by atoms with van der Waals surface area (Å²) in [4.78, 5) is 0. The first-order valence-electron chi connectivity index (χ1n) is 2.87. The van der Waals surface area contributed by atoms with Crippen molar-refractivity contribution in [2.24, 2.45) is 0 Å². The molecule has 1 fully saturated rings. The first-order valence-corrected chi connectivity index (χ1v) is 3.31. The molecule has 0 aliphatic carbocycles. The molecular formula is C5H10ClN2. The molecule has 2 N–H and O–H groups in total. The molecule has 47 valence electrons. The van der Waals surface area contributed by atoms with Gasteiger partial charge in [0, 0.05) is 6.04 Å². The van der Waals surface area contributed by atoms with E-state index in [1.807, 2.05) is 0 Å². The maximum Gasteiger partial charge on any atom is 0.0840 e. The Morgan fingerprint density at radius 2 is 2.38 bits per heavy atom. The largest absolute Gasteiger partial charge is 0.301 e. The van der Waals surface area contributed by atoms with Crippen molar-refractivity contribution in [3.8, 4) is 0 Å². The minimum Gasteiger partial charge on any atom is -0.301 e. The van der Waals surface area contributed by atoms with Crippen LogP contribution in [0.2, 0.25) is 0 Å². The van der Waals surface area contributed by atoms with Crippen molar-refractivity contribution >= 4 is 11.6 Å². The molecule has 0 amide bonds. The van der Waals surface area contributed by atoms with Crippen LogP contribution in [0.5, 0.6) is 0 Å². The zero-order valence-corrected chi connectivity index (χ0v) is 5.41. The third-order valence-electron chi connectivity index (χ3n) is 1.35. The molecule has 0 aromatic rings. The highest BCUT2D eigenvalue weighted by Gasteiger charge is 2.15. The molecule has 1 heterocycles. The SMILES string of the molecule is [NH]C1CCNC(Cl)C1. The number of hydrogen-bond acceptors (Lipinski definition) is 1. The monoisotopic (exact) mass is 133 g/mol. The second kappa shape index (κ2) is 2.67. The van der Waals surface area contributed by atoms with E-state index in [4.69, 9.17) is 17.3 Å². The van der Waals surface area contributed by atoms with Crippen molar-refractivity contribution < 1.29 is 0 Å². The Labute approximate surface area is 54.4 Å². The summed E-state index contributed by atoms with van der Waals surface area (Å²) in [5.74, 6) is 0. The van der Waals surface area contributed by atoms with Gasteiger partial charge in [0.1, 0.15) is 0 Å². The van der Waals surface area contributed by atoms with Crippen molar-refractivity contribution in [1.82, 2.24) is 11.1 Å². The lowest BCUT2D eigenvalue weighted by molar-refractivity contribution is 0.422. The molecule has 1 aliphatic rings. The highest BCUT2D eigenvalue weighted by Crippen LogP contribution is 2.09. The molecule has 0 spiro atoms. The van der Waals surface area contributed by atoms with Gasteiger partial charge in [0.25, 0.3) is 0 Å². The summed E-state index contributed by atoms with van der Waals surface area (Å²) in [6, 6.07) is 0.0683. The highest BCUT2D eigenvalue weighted by atomic mass is 35.5. The van der Waals surface area contributed by atoms with E-state index in [0.717, 1.165) is 19.4 Å². The quantitative estimate of drug-likeness (QED) is 0.381. The van der Waals surface area contributed by atoms with Crippen LogP contribution >= 0.6 is 11.6 Å². The molecule has 0 aromatic heterocycles. The Bertz CT molecular complexity index is 68.8. The normalized spacial score (nSPS) is 39.8. The molecule has 0 aromatic carbocycles. The van der Waals surface area contributed by atoms with Gasteiger partial charge in [-0.25, -0.2) is 0 Å². The maximum atomic E-state index is 7.28. The van der Waals surface area contributed by atoms with Crippen LogP contribution in [0.1, 0.15) is 12.8 Å². The summed E-state index contributed by atoms with van der Waals surface area (Å²) in [6.45, 7) is 0.905. The first kappa shape index (κ1) is 6.33. The predicted octanol–water partition coefficient (Wildman–Crippen LogP) is 0.586. The Morgan fingerprint density at radius 3 is 2.75 bits per heavy atom. The number of halogens is 1. The molecule has 2 nitrogen and oxygen atoms in total. The van der Waals surface area contributed by atoms with Crippen LogP contribution < -0.4 is 11.1 Å². The minimum atomic E-state index is 0.0475. The van der Waals surface area contributed by atoms with Crippen LogP contribution in [0.4, 0.5) is 0 Å². The lowest BCUT2D eigenvalue weighted by Gasteiger charge is -2.22. The number of alkyl halides is 1. The van der Waals surface area contributed by atoms with Gasteiger partial charge in [0.15, 0.2) is 0 Å². The Hall–Kier alpha value is 0.210. The third kappa shape index (κ3) is 1.62. The van der Waals surface area contributed by atoms with Crippen molar-refractivity contribution in [1.29, 1.82) is 0 Å². The molecule has 1 rings (SSSR count). The fraction of sp³-hybridized carbons (Fsp3) is 1.00. The smallest absolute Gasteiger partial charge is 0.0840 e. The van der Waals surface area contributed by atoms with Gasteiger partial charge in [-0.05, 0) is 19.4 Å². The summed E-state index contributed by atoms with van der Waals surface area (Å²) in [6.07, 6.45) is 1.74. The van der Waals surface area contributed by atoms with Gasteiger partial charge in [0.2, 0.25) is 0 Å². The Balaban J connectivity index is 2.23. The van der Waals surface area contributed by atoms with Gasteiger partial charge in [-0.15, -0.1) is 11.6 Å². The minimum absolute atomic E-state index is 0.0475. The Morgan fingerprint density at radius 1 is 1.62 bits per heavy atom. The van der Waals surface area contributed by atoms with Crippen molar-refractivity contribution in [2.75, 3.05) is 6.54 Å². The van der Waals surface area contributed by atoms with Crippen LogP contribution in [-0.2, 0) is 0 Å². The van der Waals surface area contributed by atoms with E-state index in [2.05, 4.69) is 5.32 Å². The van der Waals surface area contributed by atoms with E-state index in [1.54, 1.807) is 0 Å².